The van der Waals surface area contributed by atoms with Gasteiger partial charge in [0.2, 0.25) is 0 Å². The van der Waals surface area contributed by atoms with Crippen molar-refractivity contribution in [3.8, 4) is 6.07 Å². The normalized spacial score (nSPS) is 11.1. The molecule has 0 saturated carbocycles. The molecular weight excluding hydrogens is 277 g/mol. The van der Waals surface area contributed by atoms with E-state index in [1.54, 1.807) is 0 Å². The molecule has 0 saturated heterocycles. The van der Waals surface area contributed by atoms with Gasteiger partial charge in [-0.1, -0.05) is 0 Å². The van der Waals surface area contributed by atoms with Crippen LogP contribution in [0.25, 0.3) is 0 Å². The van der Waals surface area contributed by atoms with Crippen LogP contribution in [0.1, 0.15) is 11.1 Å². The molecule has 0 atom stereocenters. The minimum Gasteiger partial charge on any atom is -0.207 e. The molecule has 1 rings (SSSR count). The van der Waals surface area contributed by atoms with Crippen LogP contribution in [0.3, 0.4) is 0 Å². The Hall–Kier alpha value is -0.410. The number of nitrogens with zero attached hydrogens (tertiary/aromatic N) is 1. The van der Waals surface area contributed by atoms with Crippen molar-refractivity contribution < 1.29 is 8.42 Å². The fourth-order valence-electron chi connectivity index (χ4n) is 1.07. The third kappa shape index (κ3) is 2.58. The number of halogens is 2. The summed E-state index contributed by atoms with van der Waals surface area (Å²) < 4.78 is 22.3. The van der Waals surface area contributed by atoms with Gasteiger partial charge in [0.15, 0.2) is 0 Å². The Morgan fingerprint density at radius 2 is 2.07 bits per heavy atom. The Morgan fingerprint density at radius 3 is 2.47 bits per heavy atom. The number of thiol groups is 1. The van der Waals surface area contributed by atoms with Crippen LogP contribution in [0.5, 0.6) is 0 Å². The molecule has 0 bridgehead atoms. The van der Waals surface area contributed by atoms with E-state index in [2.05, 4.69) is 12.6 Å². The van der Waals surface area contributed by atoms with Crippen LogP contribution in [-0.4, -0.2) is 8.42 Å². The lowest BCUT2D eigenvalue weighted by Gasteiger charge is -2.07. The van der Waals surface area contributed by atoms with E-state index in [0.29, 0.717) is 0 Å². The zero-order chi connectivity index (χ0) is 11.6. The quantitative estimate of drug-likeness (QED) is 0.515. The van der Waals surface area contributed by atoms with Crippen LogP contribution in [0.4, 0.5) is 0 Å². The Kier molecular flexibility index (Phi) is 3.90. The fourth-order valence-corrected chi connectivity index (χ4v) is 3.05. The molecule has 1 aromatic rings. The maximum atomic E-state index is 11.2. The van der Waals surface area contributed by atoms with Gasteiger partial charge in [-0.05, 0) is 12.1 Å². The molecule has 0 aliphatic rings. The second kappa shape index (κ2) is 4.62. The summed E-state index contributed by atoms with van der Waals surface area (Å²) in [5, 5.41) is 8.71. The fraction of sp³-hybridized carbons (Fsp3) is 0.125. The van der Waals surface area contributed by atoms with Crippen LogP contribution in [0.2, 0.25) is 0 Å². The summed E-state index contributed by atoms with van der Waals surface area (Å²) in [7, 11) is 1.34. The molecule has 0 unspecified atom stereocenters. The number of nitriles is 1. The number of alkyl halides is 1. The molecule has 80 valence electrons. The topological polar surface area (TPSA) is 57.9 Å². The van der Waals surface area contributed by atoms with Crippen LogP contribution < -0.4 is 0 Å². The third-order valence-electron chi connectivity index (χ3n) is 1.76. The lowest BCUT2D eigenvalue weighted by molar-refractivity contribution is 0.608. The van der Waals surface area contributed by atoms with Gasteiger partial charge in [0.25, 0.3) is 9.05 Å². The van der Waals surface area contributed by atoms with Crippen molar-refractivity contribution in [3.05, 3.63) is 23.3 Å². The van der Waals surface area contributed by atoms with Crippen molar-refractivity contribution in [1.29, 1.82) is 5.26 Å². The Bertz CT molecular complexity index is 534. The molecule has 3 nitrogen and oxygen atoms in total. The lowest BCUT2D eigenvalue weighted by Crippen LogP contribution is -1.99. The highest BCUT2D eigenvalue weighted by Crippen LogP contribution is 2.29. The van der Waals surface area contributed by atoms with Gasteiger partial charge >= 0.3 is 0 Å². The monoisotopic (exact) mass is 281 g/mol. The molecule has 0 spiro atoms. The number of hydrogen-bond acceptors (Lipinski definition) is 4. The Balaban J connectivity index is 3.61. The first kappa shape index (κ1) is 12.7. The largest absolute Gasteiger partial charge is 0.261 e. The molecule has 0 heterocycles. The second-order valence-electron chi connectivity index (χ2n) is 2.62. The summed E-state index contributed by atoms with van der Waals surface area (Å²) in [5.41, 5.74) is 0.507. The van der Waals surface area contributed by atoms with Crippen molar-refractivity contribution in [2.24, 2.45) is 0 Å². The Labute approximate surface area is 102 Å². The highest BCUT2D eigenvalue weighted by Gasteiger charge is 2.18. The minimum absolute atomic E-state index is 0.0738. The summed E-state index contributed by atoms with van der Waals surface area (Å²) >= 11 is 9.63. The van der Waals surface area contributed by atoms with Crippen LogP contribution in [-0.2, 0) is 14.9 Å². The molecule has 0 aromatic heterocycles. The summed E-state index contributed by atoms with van der Waals surface area (Å²) in [4.78, 5) is 0.136. The van der Waals surface area contributed by atoms with Gasteiger partial charge in [-0.2, -0.15) is 5.26 Å². The standard InChI is InChI=1S/C8H5Cl2NO2S2/c9-3-6-7(15(10,12)13)2-1-5(4-11)8(6)14/h1-2,14H,3H2. The van der Waals surface area contributed by atoms with E-state index >= 15 is 0 Å². The van der Waals surface area contributed by atoms with E-state index in [9.17, 15) is 8.42 Å². The second-order valence-corrected chi connectivity index (χ2v) is 5.87. The highest BCUT2D eigenvalue weighted by atomic mass is 35.7. The molecule has 0 aliphatic carbocycles. The van der Waals surface area contributed by atoms with Gasteiger partial charge in [-0.15, -0.1) is 24.2 Å². The van der Waals surface area contributed by atoms with Crippen LogP contribution in [0.15, 0.2) is 21.9 Å². The number of rotatable bonds is 2. The predicted molar refractivity (Wildman–Crippen MR) is 61.0 cm³/mol. The average molecular weight is 282 g/mol. The maximum absolute atomic E-state index is 11.2. The zero-order valence-corrected chi connectivity index (χ0v) is 10.5. The molecule has 0 radical (unpaired) electrons. The molecule has 15 heavy (non-hydrogen) atoms. The van der Waals surface area contributed by atoms with Gasteiger partial charge in [0.05, 0.1) is 10.5 Å². The SMILES string of the molecule is N#Cc1ccc(S(=O)(=O)Cl)c(CCl)c1S. The molecule has 0 N–H and O–H groups in total. The van der Waals surface area contributed by atoms with Gasteiger partial charge in [-0.25, -0.2) is 8.42 Å². The Morgan fingerprint density at radius 1 is 1.47 bits per heavy atom. The van der Waals surface area contributed by atoms with E-state index < -0.39 is 9.05 Å². The van der Waals surface area contributed by atoms with E-state index in [-0.39, 0.29) is 26.8 Å². The van der Waals surface area contributed by atoms with E-state index in [4.69, 9.17) is 27.5 Å². The highest BCUT2D eigenvalue weighted by molar-refractivity contribution is 8.13. The lowest BCUT2D eigenvalue weighted by atomic mass is 10.1. The summed E-state index contributed by atoms with van der Waals surface area (Å²) in [6.07, 6.45) is 0. The third-order valence-corrected chi connectivity index (χ3v) is 3.94. The number of hydrogen-bond donors (Lipinski definition) is 1. The minimum atomic E-state index is -3.86. The van der Waals surface area contributed by atoms with Crippen molar-refractivity contribution in [2.75, 3.05) is 0 Å². The first-order chi connectivity index (χ1) is 6.91. The smallest absolute Gasteiger partial charge is 0.207 e. The van der Waals surface area contributed by atoms with Gasteiger partial charge in [0.1, 0.15) is 6.07 Å². The summed E-state index contributed by atoms with van der Waals surface area (Å²) in [6.45, 7) is 0. The average Bonchev–Trinajstić information content (AvgIpc) is 2.15. The van der Waals surface area contributed by atoms with Crippen LogP contribution >= 0.6 is 34.9 Å². The molecule has 0 fully saturated rings. The number of benzene rings is 1. The van der Waals surface area contributed by atoms with E-state index in [0.717, 1.165) is 0 Å². The van der Waals surface area contributed by atoms with Crippen LogP contribution in [0, 0.1) is 11.3 Å². The molecule has 0 amide bonds. The first-order valence-corrected chi connectivity index (χ1v) is 6.96. The van der Waals surface area contributed by atoms with E-state index in [1.165, 1.54) is 12.1 Å². The van der Waals surface area contributed by atoms with Crippen molar-refractivity contribution in [3.63, 3.8) is 0 Å². The molecule has 7 heteroatoms. The zero-order valence-electron chi connectivity index (χ0n) is 7.24. The molecular formula is C8H5Cl2NO2S2. The molecule has 0 aliphatic heterocycles. The van der Waals surface area contributed by atoms with Crippen molar-refractivity contribution in [2.45, 2.75) is 15.7 Å². The van der Waals surface area contributed by atoms with Gasteiger partial charge < -0.3 is 0 Å². The van der Waals surface area contributed by atoms with Crippen molar-refractivity contribution >= 4 is 44.0 Å². The summed E-state index contributed by atoms with van der Waals surface area (Å²) in [6, 6.07) is 4.46. The van der Waals surface area contributed by atoms with Gasteiger partial charge in [0, 0.05) is 27.0 Å². The van der Waals surface area contributed by atoms with E-state index in [1.807, 2.05) is 6.07 Å². The summed E-state index contributed by atoms with van der Waals surface area (Å²) in [5.74, 6) is -0.0738. The molecule has 1 aromatic carbocycles. The predicted octanol–water partition coefficient (Wildman–Crippen LogP) is 2.51. The first-order valence-electron chi connectivity index (χ1n) is 3.67. The van der Waals surface area contributed by atoms with Crippen molar-refractivity contribution in [1.82, 2.24) is 0 Å². The maximum Gasteiger partial charge on any atom is 0.261 e. The van der Waals surface area contributed by atoms with Gasteiger partial charge in [-0.3, -0.25) is 0 Å².